The van der Waals surface area contributed by atoms with E-state index in [-0.39, 0.29) is 17.9 Å². The molecule has 0 saturated carbocycles. The first-order valence-corrected chi connectivity index (χ1v) is 13.2. The fourth-order valence-corrected chi connectivity index (χ4v) is 4.82. The van der Waals surface area contributed by atoms with Crippen LogP contribution in [0.2, 0.25) is 0 Å². The fourth-order valence-electron chi connectivity index (χ4n) is 3.98. The molecule has 0 spiro atoms. The first kappa shape index (κ1) is 26.6. The number of hydrogen-bond acceptors (Lipinski definition) is 3. The van der Waals surface area contributed by atoms with Crippen molar-refractivity contribution in [3.8, 4) is 0 Å². The Balaban J connectivity index is 1.84. The average Bonchev–Trinajstić information content (AvgIpc) is 2.82. The van der Waals surface area contributed by atoms with Crippen molar-refractivity contribution in [1.82, 2.24) is 10.2 Å². The minimum atomic E-state index is -0.586. The van der Waals surface area contributed by atoms with Gasteiger partial charge in [0.15, 0.2) is 0 Å². The summed E-state index contributed by atoms with van der Waals surface area (Å²) in [6, 6.07) is 25.8. The second kappa shape index (κ2) is 13.1. The molecule has 0 aliphatic rings. The van der Waals surface area contributed by atoms with Crippen LogP contribution in [0.4, 0.5) is 0 Å². The smallest absolute Gasteiger partial charge is 0.243 e. The zero-order chi connectivity index (χ0) is 25.2. The first-order chi connectivity index (χ1) is 16.8. The van der Waals surface area contributed by atoms with Crippen molar-refractivity contribution in [3.63, 3.8) is 0 Å². The summed E-state index contributed by atoms with van der Waals surface area (Å²) in [6.45, 7) is 8.40. The Morgan fingerprint density at radius 3 is 2.20 bits per heavy atom. The van der Waals surface area contributed by atoms with E-state index in [0.717, 1.165) is 21.6 Å². The van der Waals surface area contributed by atoms with Crippen molar-refractivity contribution in [2.24, 2.45) is 0 Å². The van der Waals surface area contributed by atoms with Gasteiger partial charge < -0.3 is 10.2 Å². The Hall–Kier alpha value is -3.05. The number of nitrogens with zero attached hydrogens (tertiary/aromatic N) is 1. The number of amides is 2. The lowest BCUT2D eigenvalue weighted by molar-refractivity contribution is -0.141. The largest absolute Gasteiger partial charge is 0.352 e. The lowest BCUT2D eigenvalue weighted by Crippen LogP contribution is -2.51. The van der Waals surface area contributed by atoms with Gasteiger partial charge in [0.2, 0.25) is 11.8 Å². The molecule has 184 valence electrons. The molecule has 3 rings (SSSR count). The van der Waals surface area contributed by atoms with Crippen molar-refractivity contribution < 1.29 is 9.59 Å². The lowest BCUT2D eigenvalue weighted by atomic mass is 10.0. The lowest BCUT2D eigenvalue weighted by Gasteiger charge is -2.32. The molecule has 2 amide bonds. The van der Waals surface area contributed by atoms with Crippen LogP contribution in [0.5, 0.6) is 0 Å². The number of carbonyl (C=O) groups is 2. The number of carbonyl (C=O) groups excluding carboxylic acids is 2. The van der Waals surface area contributed by atoms with E-state index in [1.165, 1.54) is 5.56 Å². The van der Waals surface area contributed by atoms with Gasteiger partial charge in [0.05, 0.1) is 0 Å². The summed E-state index contributed by atoms with van der Waals surface area (Å²) in [5.74, 6) is 0.540. The number of benzene rings is 3. The number of thioether (sulfide) groups is 1. The minimum Gasteiger partial charge on any atom is -0.352 e. The van der Waals surface area contributed by atoms with Gasteiger partial charge in [0.1, 0.15) is 6.04 Å². The highest BCUT2D eigenvalue weighted by Crippen LogP contribution is 2.21. The van der Waals surface area contributed by atoms with Gasteiger partial charge in [-0.1, -0.05) is 77.9 Å². The van der Waals surface area contributed by atoms with Crippen LogP contribution in [0.15, 0.2) is 83.8 Å². The summed E-state index contributed by atoms with van der Waals surface area (Å²) >= 11 is 1.67. The monoisotopic (exact) mass is 488 g/mol. The van der Waals surface area contributed by atoms with E-state index >= 15 is 0 Å². The number of aryl methyl sites for hydroxylation is 2. The second-order valence-corrected chi connectivity index (χ2v) is 10.5. The van der Waals surface area contributed by atoms with E-state index in [0.29, 0.717) is 25.1 Å². The third kappa shape index (κ3) is 8.59. The van der Waals surface area contributed by atoms with Gasteiger partial charge in [-0.15, -0.1) is 11.8 Å². The van der Waals surface area contributed by atoms with Gasteiger partial charge in [-0.25, -0.2) is 0 Å². The SMILES string of the molecule is Cc1ccc(SCCC(=O)N(Cc2cccc(C)c2)[C@H](Cc2ccccc2)C(=O)NC(C)C)cc1. The normalized spacial score (nSPS) is 11.8. The van der Waals surface area contributed by atoms with Crippen molar-refractivity contribution in [2.75, 3.05) is 5.75 Å². The van der Waals surface area contributed by atoms with Crippen molar-refractivity contribution >= 4 is 23.6 Å². The molecule has 3 aromatic carbocycles. The molecule has 1 atom stereocenters. The fraction of sp³-hybridized carbons (Fsp3) is 0.333. The van der Waals surface area contributed by atoms with Crippen LogP contribution < -0.4 is 5.32 Å². The summed E-state index contributed by atoms with van der Waals surface area (Å²) in [5.41, 5.74) is 4.41. The number of hydrogen-bond donors (Lipinski definition) is 1. The van der Waals surface area contributed by atoms with Gasteiger partial charge in [-0.2, -0.15) is 0 Å². The van der Waals surface area contributed by atoms with Crippen LogP contribution in [-0.2, 0) is 22.6 Å². The van der Waals surface area contributed by atoms with Gasteiger partial charge >= 0.3 is 0 Å². The molecule has 5 heteroatoms. The van der Waals surface area contributed by atoms with E-state index in [1.54, 1.807) is 16.7 Å². The topological polar surface area (TPSA) is 49.4 Å². The molecule has 0 fully saturated rings. The van der Waals surface area contributed by atoms with Crippen LogP contribution >= 0.6 is 11.8 Å². The molecule has 0 aliphatic carbocycles. The summed E-state index contributed by atoms with van der Waals surface area (Å²) in [6.07, 6.45) is 0.840. The second-order valence-electron chi connectivity index (χ2n) is 9.29. The molecule has 0 unspecified atom stereocenters. The molecular weight excluding hydrogens is 452 g/mol. The Kier molecular flexibility index (Phi) is 9.98. The highest BCUT2D eigenvalue weighted by Gasteiger charge is 2.30. The van der Waals surface area contributed by atoms with Gasteiger partial charge in [0.25, 0.3) is 0 Å². The van der Waals surface area contributed by atoms with E-state index in [1.807, 2.05) is 69.3 Å². The summed E-state index contributed by atoms with van der Waals surface area (Å²) in [7, 11) is 0. The molecule has 0 bridgehead atoms. The Bertz CT molecular complexity index is 1100. The maximum atomic E-state index is 13.6. The van der Waals surface area contributed by atoms with Crippen LogP contribution in [0.1, 0.15) is 42.5 Å². The van der Waals surface area contributed by atoms with E-state index < -0.39 is 6.04 Å². The molecule has 0 radical (unpaired) electrons. The van der Waals surface area contributed by atoms with Crippen molar-refractivity contribution in [3.05, 3.63) is 101 Å². The molecule has 0 aliphatic heterocycles. The number of nitrogens with one attached hydrogen (secondary N) is 1. The summed E-state index contributed by atoms with van der Waals surface area (Å²) in [4.78, 5) is 29.9. The standard InChI is InChI=1S/C30H36N2O2S/c1-22(2)31-30(34)28(20-25-10-6-5-7-11-25)32(21-26-12-8-9-24(4)19-26)29(33)17-18-35-27-15-13-23(3)14-16-27/h5-16,19,22,28H,17-18,20-21H2,1-4H3,(H,31,34)/t28-/m1/s1. The van der Waals surface area contributed by atoms with Gasteiger partial charge in [-0.3, -0.25) is 9.59 Å². The van der Waals surface area contributed by atoms with E-state index in [9.17, 15) is 9.59 Å². The maximum absolute atomic E-state index is 13.6. The van der Waals surface area contributed by atoms with Crippen LogP contribution in [0.3, 0.4) is 0 Å². The first-order valence-electron chi connectivity index (χ1n) is 12.2. The molecular formula is C30H36N2O2S. The van der Waals surface area contributed by atoms with E-state index in [4.69, 9.17) is 0 Å². The Labute approximate surface area is 214 Å². The predicted octanol–water partition coefficient (Wildman–Crippen LogP) is 5.95. The molecule has 3 aromatic rings. The molecule has 1 N–H and O–H groups in total. The van der Waals surface area contributed by atoms with Crippen LogP contribution in [-0.4, -0.2) is 34.6 Å². The molecule has 0 saturated heterocycles. The summed E-state index contributed by atoms with van der Waals surface area (Å²) in [5, 5.41) is 3.04. The highest BCUT2D eigenvalue weighted by molar-refractivity contribution is 7.99. The average molecular weight is 489 g/mol. The zero-order valence-electron chi connectivity index (χ0n) is 21.2. The molecule has 0 aromatic heterocycles. The Morgan fingerprint density at radius 2 is 1.54 bits per heavy atom. The van der Waals surface area contributed by atoms with Gasteiger partial charge in [-0.05, 0) is 51.0 Å². The number of rotatable bonds is 11. The summed E-state index contributed by atoms with van der Waals surface area (Å²) < 4.78 is 0. The van der Waals surface area contributed by atoms with E-state index in [2.05, 4.69) is 42.6 Å². The zero-order valence-corrected chi connectivity index (χ0v) is 22.0. The van der Waals surface area contributed by atoms with Gasteiger partial charge in [0, 0.05) is 36.1 Å². The van der Waals surface area contributed by atoms with Crippen LogP contribution in [0.25, 0.3) is 0 Å². The third-order valence-electron chi connectivity index (χ3n) is 5.74. The van der Waals surface area contributed by atoms with Crippen LogP contribution in [0, 0.1) is 13.8 Å². The molecule has 4 nitrogen and oxygen atoms in total. The van der Waals surface area contributed by atoms with Crippen molar-refractivity contribution in [2.45, 2.75) is 64.1 Å². The predicted molar refractivity (Wildman–Crippen MR) is 145 cm³/mol. The molecule has 0 heterocycles. The van der Waals surface area contributed by atoms with Crippen molar-refractivity contribution in [1.29, 1.82) is 0 Å². The highest BCUT2D eigenvalue weighted by atomic mass is 32.2. The Morgan fingerprint density at radius 1 is 0.857 bits per heavy atom. The third-order valence-corrected chi connectivity index (χ3v) is 6.76. The maximum Gasteiger partial charge on any atom is 0.243 e. The minimum absolute atomic E-state index is 0.00575. The molecule has 35 heavy (non-hydrogen) atoms. The quantitative estimate of drug-likeness (QED) is 0.339.